The van der Waals surface area contributed by atoms with Crippen molar-refractivity contribution < 1.29 is 19.1 Å². The Bertz CT molecular complexity index is 945. The standard InChI is InChI=1S/C23H22N2O4/c1-28-21-15-9-8-14-19(21)24-22(26)20(16-17-10-4-2-5-11-17)25-23(27)29-18-12-6-3-7-13-18/h2-15,20H,16H2,1H3,(H,24,26)(H,25,27)/t20-/m1/s1. The Balaban J connectivity index is 1.74. The third kappa shape index (κ3) is 5.84. The van der Waals surface area contributed by atoms with E-state index in [0.29, 0.717) is 23.6 Å². The number of para-hydroxylation sites is 3. The summed E-state index contributed by atoms with van der Waals surface area (Å²) in [5.74, 6) is 0.558. The van der Waals surface area contributed by atoms with Gasteiger partial charge in [0.2, 0.25) is 5.91 Å². The lowest BCUT2D eigenvalue weighted by atomic mass is 10.1. The highest BCUT2D eigenvalue weighted by Crippen LogP contribution is 2.23. The van der Waals surface area contributed by atoms with Crippen LogP contribution in [0.4, 0.5) is 10.5 Å². The monoisotopic (exact) mass is 390 g/mol. The molecule has 3 aromatic carbocycles. The van der Waals surface area contributed by atoms with Gasteiger partial charge in [-0.25, -0.2) is 4.79 Å². The molecule has 0 unspecified atom stereocenters. The molecule has 0 saturated carbocycles. The molecule has 1 atom stereocenters. The van der Waals surface area contributed by atoms with Crippen molar-refractivity contribution >= 4 is 17.7 Å². The quantitative estimate of drug-likeness (QED) is 0.639. The van der Waals surface area contributed by atoms with E-state index in [2.05, 4.69) is 10.6 Å². The number of hydrogen-bond acceptors (Lipinski definition) is 4. The van der Waals surface area contributed by atoms with Gasteiger partial charge in [-0.15, -0.1) is 0 Å². The number of rotatable bonds is 7. The zero-order valence-corrected chi connectivity index (χ0v) is 16.0. The van der Waals surface area contributed by atoms with Gasteiger partial charge in [-0.05, 0) is 29.8 Å². The maximum atomic E-state index is 12.9. The molecule has 3 rings (SSSR count). The highest BCUT2D eigenvalue weighted by molar-refractivity contribution is 5.98. The maximum absolute atomic E-state index is 12.9. The highest BCUT2D eigenvalue weighted by atomic mass is 16.6. The van der Waals surface area contributed by atoms with E-state index in [1.165, 1.54) is 7.11 Å². The summed E-state index contributed by atoms with van der Waals surface area (Å²) in [6.45, 7) is 0. The first-order valence-electron chi connectivity index (χ1n) is 9.17. The number of hydrogen-bond donors (Lipinski definition) is 2. The molecule has 148 valence electrons. The zero-order chi connectivity index (χ0) is 20.5. The van der Waals surface area contributed by atoms with E-state index < -0.39 is 12.1 Å². The van der Waals surface area contributed by atoms with Gasteiger partial charge >= 0.3 is 6.09 Å². The van der Waals surface area contributed by atoms with E-state index in [9.17, 15) is 9.59 Å². The van der Waals surface area contributed by atoms with Crippen molar-refractivity contribution in [2.45, 2.75) is 12.5 Å². The van der Waals surface area contributed by atoms with Crippen molar-refractivity contribution in [1.29, 1.82) is 0 Å². The fourth-order valence-electron chi connectivity index (χ4n) is 2.79. The summed E-state index contributed by atoms with van der Waals surface area (Å²) >= 11 is 0. The smallest absolute Gasteiger partial charge is 0.413 e. The molecule has 2 amide bonds. The molecule has 0 radical (unpaired) electrons. The molecular weight excluding hydrogens is 368 g/mol. The summed E-state index contributed by atoms with van der Waals surface area (Å²) in [4.78, 5) is 25.3. The van der Waals surface area contributed by atoms with Crippen molar-refractivity contribution in [1.82, 2.24) is 5.32 Å². The molecule has 0 aliphatic carbocycles. The molecule has 6 heteroatoms. The number of nitrogens with one attached hydrogen (secondary N) is 2. The van der Waals surface area contributed by atoms with Gasteiger partial charge in [-0.2, -0.15) is 0 Å². The molecule has 2 N–H and O–H groups in total. The van der Waals surface area contributed by atoms with E-state index in [4.69, 9.17) is 9.47 Å². The maximum Gasteiger partial charge on any atom is 0.413 e. The molecule has 0 aliphatic rings. The third-order valence-corrected chi connectivity index (χ3v) is 4.21. The van der Waals surface area contributed by atoms with E-state index in [-0.39, 0.29) is 5.91 Å². The Morgan fingerprint density at radius 2 is 1.48 bits per heavy atom. The normalized spacial score (nSPS) is 11.2. The zero-order valence-electron chi connectivity index (χ0n) is 16.0. The molecule has 0 aliphatic heterocycles. The fourth-order valence-corrected chi connectivity index (χ4v) is 2.79. The largest absolute Gasteiger partial charge is 0.495 e. The number of amides is 2. The van der Waals surface area contributed by atoms with Gasteiger partial charge in [0.1, 0.15) is 17.5 Å². The van der Waals surface area contributed by atoms with Crippen LogP contribution in [0.5, 0.6) is 11.5 Å². The minimum absolute atomic E-state index is 0.311. The SMILES string of the molecule is COc1ccccc1NC(=O)[C@@H](Cc1ccccc1)NC(=O)Oc1ccccc1. The van der Waals surface area contributed by atoms with Crippen LogP contribution in [0.25, 0.3) is 0 Å². The second kappa shape index (κ2) is 9.94. The first kappa shape index (κ1) is 19.9. The molecule has 0 aromatic heterocycles. The number of benzene rings is 3. The number of ether oxygens (including phenoxy) is 2. The second-order valence-corrected chi connectivity index (χ2v) is 6.28. The Hall–Kier alpha value is -3.80. The van der Waals surface area contributed by atoms with Gasteiger partial charge in [0.25, 0.3) is 0 Å². The van der Waals surface area contributed by atoms with Gasteiger partial charge in [0.05, 0.1) is 12.8 Å². The van der Waals surface area contributed by atoms with Gasteiger partial charge in [-0.3, -0.25) is 4.79 Å². The fraction of sp³-hybridized carbons (Fsp3) is 0.130. The topological polar surface area (TPSA) is 76.7 Å². The van der Waals surface area contributed by atoms with Gasteiger partial charge < -0.3 is 20.1 Å². The van der Waals surface area contributed by atoms with Crippen molar-refractivity contribution in [3.8, 4) is 11.5 Å². The van der Waals surface area contributed by atoms with Crippen LogP contribution < -0.4 is 20.1 Å². The summed E-state index contributed by atoms with van der Waals surface area (Å²) in [7, 11) is 1.53. The van der Waals surface area contributed by atoms with Crippen LogP contribution in [-0.2, 0) is 11.2 Å². The highest BCUT2D eigenvalue weighted by Gasteiger charge is 2.23. The first-order valence-corrected chi connectivity index (χ1v) is 9.17. The minimum atomic E-state index is -0.835. The summed E-state index contributed by atoms with van der Waals surface area (Å²) in [6, 6.07) is 24.4. The molecule has 0 heterocycles. The second-order valence-electron chi connectivity index (χ2n) is 6.28. The van der Waals surface area contributed by atoms with Gasteiger partial charge in [0, 0.05) is 6.42 Å². The Kier molecular flexibility index (Phi) is 6.84. The Labute approximate surface area is 169 Å². The van der Waals surface area contributed by atoms with E-state index in [1.54, 1.807) is 42.5 Å². The average molecular weight is 390 g/mol. The lowest BCUT2D eigenvalue weighted by Crippen LogP contribution is -2.46. The van der Waals surface area contributed by atoms with Crippen molar-refractivity contribution in [3.63, 3.8) is 0 Å². The number of anilines is 1. The van der Waals surface area contributed by atoms with Crippen LogP contribution in [0.1, 0.15) is 5.56 Å². The molecule has 29 heavy (non-hydrogen) atoms. The summed E-state index contributed by atoms with van der Waals surface area (Å²) in [5, 5.41) is 5.47. The molecule has 0 fully saturated rings. The molecule has 0 bridgehead atoms. The van der Waals surface area contributed by atoms with Crippen LogP contribution in [-0.4, -0.2) is 25.2 Å². The number of carbonyl (C=O) groups excluding carboxylic acids is 2. The van der Waals surface area contributed by atoms with Gasteiger partial charge in [-0.1, -0.05) is 60.7 Å². The van der Waals surface area contributed by atoms with Crippen LogP contribution >= 0.6 is 0 Å². The molecule has 6 nitrogen and oxygen atoms in total. The third-order valence-electron chi connectivity index (χ3n) is 4.21. The van der Waals surface area contributed by atoms with Crippen molar-refractivity contribution in [3.05, 3.63) is 90.5 Å². The Morgan fingerprint density at radius 3 is 2.17 bits per heavy atom. The summed E-state index contributed by atoms with van der Waals surface area (Å²) in [6.07, 6.45) is -0.390. The van der Waals surface area contributed by atoms with Crippen LogP contribution in [0.2, 0.25) is 0 Å². The van der Waals surface area contributed by atoms with Crippen molar-refractivity contribution in [2.24, 2.45) is 0 Å². The lowest BCUT2D eigenvalue weighted by molar-refractivity contribution is -0.118. The predicted octanol–water partition coefficient (Wildman–Crippen LogP) is 4.03. The Morgan fingerprint density at radius 1 is 0.862 bits per heavy atom. The lowest BCUT2D eigenvalue weighted by Gasteiger charge is -2.19. The van der Waals surface area contributed by atoms with Gasteiger partial charge in [0.15, 0.2) is 0 Å². The van der Waals surface area contributed by atoms with Crippen LogP contribution in [0.3, 0.4) is 0 Å². The van der Waals surface area contributed by atoms with Crippen molar-refractivity contribution in [2.75, 3.05) is 12.4 Å². The van der Waals surface area contributed by atoms with E-state index >= 15 is 0 Å². The van der Waals surface area contributed by atoms with Crippen LogP contribution in [0, 0.1) is 0 Å². The number of carbonyl (C=O) groups is 2. The summed E-state index contributed by atoms with van der Waals surface area (Å²) in [5.41, 5.74) is 1.43. The average Bonchev–Trinajstić information content (AvgIpc) is 2.75. The molecule has 3 aromatic rings. The van der Waals surface area contributed by atoms with E-state index in [1.807, 2.05) is 42.5 Å². The summed E-state index contributed by atoms with van der Waals surface area (Å²) < 4.78 is 10.6. The minimum Gasteiger partial charge on any atom is -0.495 e. The number of methoxy groups -OCH3 is 1. The molecule has 0 spiro atoms. The first-order chi connectivity index (χ1) is 14.2. The van der Waals surface area contributed by atoms with E-state index in [0.717, 1.165) is 5.56 Å². The predicted molar refractivity (Wildman–Crippen MR) is 111 cm³/mol. The molecule has 0 saturated heterocycles. The molecular formula is C23H22N2O4. The van der Waals surface area contributed by atoms with Crippen LogP contribution in [0.15, 0.2) is 84.9 Å².